The summed E-state index contributed by atoms with van der Waals surface area (Å²) in [7, 11) is 3.10. The van der Waals surface area contributed by atoms with Crippen molar-refractivity contribution in [2.24, 2.45) is 5.73 Å². The standard InChI is InChI=1S/C18H20N2O4S/c1-10-11(2)25-18(16(10)17(19)22)20-15(21)8-6-12-5-7-13(23-3)14(9-12)24-4/h5-9H,1-4H3,(H2,19,22)(H,20,21)/b8-6+. The van der Waals surface area contributed by atoms with Gasteiger partial charge in [-0.3, -0.25) is 9.59 Å². The zero-order valence-electron chi connectivity index (χ0n) is 14.5. The summed E-state index contributed by atoms with van der Waals surface area (Å²) in [5.74, 6) is 0.282. The summed E-state index contributed by atoms with van der Waals surface area (Å²) in [5, 5.41) is 3.17. The average molecular weight is 360 g/mol. The molecule has 0 atom stereocenters. The van der Waals surface area contributed by atoms with Crippen LogP contribution in [0.5, 0.6) is 11.5 Å². The number of hydrogen-bond donors (Lipinski definition) is 2. The zero-order valence-corrected chi connectivity index (χ0v) is 15.3. The number of rotatable bonds is 6. The summed E-state index contributed by atoms with van der Waals surface area (Å²) in [6.07, 6.45) is 3.03. The van der Waals surface area contributed by atoms with Crippen LogP contribution in [0, 0.1) is 13.8 Å². The number of aryl methyl sites for hydroxylation is 1. The number of nitrogens with one attached hydrogen (secondary N) is 1. The topological polar surface area (TPSA) is 90.6 Å². The highest BCUT2D eigenvalue weighted by Gasteiger charge is 2.18. The molecule has 2 amide bonds. The van der Waals surface area contributed by atoms with E-state index in [1.54, 1.807) is 45.4 Å². The van der Waals surface area contributed by atoms with Crippen molar-refractivity contribution in [3.8, 4) is 11.5 Å². The Kier molecular flexibility index (Phi) is 5.82. The van der Waals surface area contributed by atoms with Crippen LogP contribution in [0.4, 0.5) is 5.00 Å². The van der Waals surface area contributed by atoms with Gasteiger partial charge < -0.3 is 20.5 Å². The van der Waals surface area contributed by atoms with E-state index in [1.165, 1.54) is 17.4 Å². The Morgan fingerprint density at radius 3 is 2.44 bits per heavy atom. The van der Waals surface area contributed by atoms with Gasteiger partial charge >= 0.3 is 0 Å². The Hall–Kier alpha value is -2.80. The maximum atomic E-state index is 12.2. The van der Waals surface area contributed by atoms with Crippen LogP contribution in [0.15, 0.2) is 24.3 Å². The predicted molar refractivity (Wildman–Crippen MR) is 99.5 cm³/mol. The molecule has 3 N–H and O–H groups in total. The van der Waals surface area contributed by atoms with E-state index >= 15 is 0 Å². The maximum Gasteiger partial charge on any atom is 0.251 e. The predicted octanol–water partition coefficient (Wildman–Crippen LogP) is 3.13. The van der Waals surface area contributed by atoms with Crippen LogP contribution in [0.3, 0.4) is 0 Å². The van der Waals surface area contributed by atoms with Crippen molar-refractivity contribution in [3.05, 3.63) is 45.8 Å². The van der Waals surface area contributed by atoms with Gasteiger partial charge in [-0.05, 0) is 43.2 Å². The summed E-state index contributed by atoms with van der Waals surface area (Å²) in [4.78, 5) is 24.7. The highest BCUT2D eigenvalue weighted by atomic mass is 32.1. The fourth-order valence-corrected chi connectivity index (χ4v) is 3.36. The molecule has 1 aromatic carbocycles. The minimum absolute atomic E-state index is 0.349. The van der Waals surface area contributed by atoms with Crippen molar-refractivity contribution in [3.63, 3.8) is 0 Å². The smallest absolute Gasteiger partial charge is 0.251 e. The molecule has 1 heterocycles. The molecule has 0 aliphatic heterocycles. The van der Waals surface area contributed by atoms with Gasteiger partial charge in [-0.2, -0.15) is 0 Å². The van der Waals surface area contributed by atoms with E-state index < -0.39 is 5.91 Å². The number of carbonyl (C=O) groups is 2. The Morgan fingerprint density at radius 2 is 1.84 bits per heavy atom. The first-order chi connectivity index (χ1) is 11.9. The molecule has 0 saturated carbocycles. The molecule has 25 heavy (non-hydrogen) atoms. The molecule has 6 nitrogen and oxygen atoms in total. The first kappa shape index (κ1) is 18.5. The first-order valence-electron chi connectivity index (χ1n) is 7.48. The second-order valence-corrected chi connectivity index (χ2v) is 6.51. The monoisotopic (exact) mass is 360 g/mol. The molecule has 0 aliphatic rings. The van der Waals surface area contributed by atoms with Gasteiger partial charge in [-0.1, -0.05) is 6.07 Å². The van der Waals surface area contributed by atoms with E-state index in [9.17, 15) is 9.59 Å². The molecular formula is C18H20N2O4S. The van der Waals surface area contributed by atoms with Crippen LogP contribution in [-0.2, 0) is 4.79 Å². The molecule has 0 spiro atoms. The Bertz CT molecular complexity index is 840. The quantitative estimate of drug-likeness (QED) is 0.774. The minimum atomic E-state index is -0.555. The SMILES string of the molecule is COc1ccc(/C=C/C(=O)Nc2sc(C)c(C)c2C(N)=O)cc1OC. The lowest BCUT2D eigenvalue weighted by Crippen LogP contribution is -2.16. The highest BCUT2D eigenvalue weighted by Crippen LogP contribution is 2.32. The van der Waals surface area contributed by atoms with E-state index in [4.69, 9.17) is 15.2 Å². The number of amides is 2. The van der Waals surface area contributed by atoms with E-state index in [0.29, 0.717) is 22.1 Å². The van der Waals surface area contributed by atoms with Gasteiger partial charge in [0.1, 0.15) is 5.00 Å². The van der Waals surface area contributed by atoms with E-state index in [-0.39, 0.29) is 5.91 Å². The summed E-state index contributed by atoms with van der Waals surface area (Å²) in [6.45, 7) is 3.68. The molecule has 1 aromatic heterocycles. The second-order valence-electron chi connectivity index (χ2n) is 5.29. The fraction of sp³-hybridized carbons (Fsp3) is 0.222. The van der Waals surface area contributed by atoms with Gasteiger partial charge in [0.2, 0.25) is 5.91 Å². The van der Waals surface area contributed by atoms with Gasteiger partial charge in [-0.15, -0.1) is 11.3 Å². The summed E-state index contributed by atoms with van der Waals surface area (Å²) in [6, 6.07) is 5.32. The Balaban J connectivity index is 2.17. The molecule has 132 valence electrons. The number of hydrogen-bond acceptors (Lipinski definition) is 5. The van der Waals surface area contributed by atoms with E-state index in [0.717, 1.165) is 16.0 Å². The number of carbonyl (C=O) groups excluding carboxylic acids is 2. The highest BCUT2D eigenvalue weighted by molar-refractivity contribution is 7.16. The fourth-order valence-electron chi connectivity index (χ4n) is 2.29. The summed E-state index contributed by atoms with van der Waals surface area (Å²) in [5.41, 5.74) is 7.33. The molecule has 0 saturated heterocycles. The number of ether oxygens (including phenoxy) is 2. The third-order valence-corrected chi connectivity index (χ3v) is 4.83. The van der Waals surface area contributed by atoms with Crippen molar-refractivity contribution < 1.29 is 19.1 Å². The first-order valence-corrected chi connectivity index (χ1v) is 8.30. The largest absolute Gasteiger partial charge is 0.493 e. The third kappa shape index (κ3) is 4.19. The number of benzene rings is 1. The molecular weight excluding hydrogens is 340 g/mol. The van der Waals surface area contributed by atoms with E-state index in [2.05, 4.69) is 5.32 Å². The van der Waals surface area contributed by atoms with Crippen molar-refractivity contribution >= 4 is 34.2 Å². The number of thiophene rings is 1. The van der Waals surface area contributed by atoms with Gasteiger partial charge in [0.05, 0.1) is 19.8 Å². The summed E-state index contributed by atoms with van der Waals surface area (Å²) >= 11 is 1.33. The van der Waals surface area contributed by atoms with Crippen molar-refractivity contribution in [1.29, 1.82) is 0 Å². The van der Waals surface area contributed by atoms with Crippen LogP contribution in [0.2, 0.25) is 0 Å². The van der Waals surface area contributed by atoms with Crippen molar-refractivity contribution in [1.82, 2.24) is 0 Å². The van der Waals surface area contributed by atoms with Crippen LogP contribution in [0.1, 0.15) is 26.4 Å². The van der Waals surface area contributed by atoms with Crippen LogP contribution in [-0.4, -0.2) is 26.0 Å². The Morgan fingerprint density at radius 1 is 1.16 bits per heavy atom. The maximum absolute atomic E-state index is 12.2. The molecule has 2 rings (SSSR count). The molecule has 0 unspecified atom stereocenters. The normalized spacial score (nSPS) is 10.7. The number of nitrogens with two attached hydrogens (primary N) is 1. The van der Waals surface area contributed by atoms with Gasteiger partial charge in [0.15, 0.2) is 11.5 Å². The van der Waals surface area contributed by atoms with Gasteiger partial charge in [-0.25, -0.2) is 0 Å². The lowest BCUT2D eigenvalue weighted by Gasteiger charge is -2.07. The average Bonchev–Trinajstić information content (AvgIpc) is 2.86. The summed E-state index contributed by atoms with van der Waals surface area (Å²) < 4.78 is 10.4. The molecule has 0 bridgehead atoms. The lowest BCUT2D eigenvalue weighted by atomic mass is 10.1. The lowest BCUT2D eigenvalue weighted by molar-refractivity contribution is -0.111. The minimum Gasteiger partial charge on any atom is -0.493 e. The number of anilines is 1. The van der Waals surface area contributed by atoms with Crippen molar-refractivity contribution in [2.45, 2.75) is 13.8 Å². The van der Waals surface area contributed by atoms with Crippen LogP contribution < -0.4 is 20.5 Å². The molecule has 0 fully saturated rings. The second kappa shape index (κ2) is 7.85. The van der Waals surface area contributed by atoms with E-state index in [1.807, 2.05) is 6.92 Å². The molecule has 7 heteroatoms. The molecule has 2 aromatic rings. The number of primary amides is 1. The third-order valence-electron chi connectivity index (χ3n) is 3.70. The van der Waals surface area contributed by atoms with Crippen molar-refractivity contribution in [2.75, 3.05) is 19.5 Å². The van der Waals surface area contributed by atoms with Crippen LogP contribution in [0.25, 0.3) is 6.08 Å². The van der Waals surface area contributed by atoms with Gasteiger partial charge in [0.25, 0.3) is 5.91 Å². The number of methoxy groups -OCH3 is 2. The van der Waals surface area contributed by atoms with Crippen LogP contribution >= 0.6 is 11.3 Å². The Labute approximate surface area is 150 Å². The molecule has 0 radical (unpaired) electrons. The molecule has 0 aliphatic carbocycles. The zero-order chi connectivity index (χ0) is 18.6. The van der Waals surface area contributed by atoms with Gasteiger partial charge in [0, 0.05) is 11.0 Å².